The van der Waals surface area contributed by atoms with E-state index in [1.54, 1.807) is 11.8 Å². The highest BCUT2D eigenvalue weighted by molar-refractivity contribution is 7.99. The van der Waals surface area contributed by atoms with E-state index in [0.717, 1.165) is 21.3 Å². The van der Waals surface area contributed by atoms with Crippen molar-refractivity contribution >= 4 is 44.1 Å². The Kier molecular flexibility index (Phi) is 5.82. The maximum atomic E-state index is 6.24. The number of hydrogen-bond donors (Lipinski definition) is 0. The Morgan fingerprint density at radius 2 is 0.795 bits per heavy atom. The zero-order valence-corrected chi connectivity index (χ0v) is 24.6. The number of benzene rings is 8. The van der Waals surface area contributed by atoms with Gasteiger partial charge in [-0.1, -0.05) is 121 Å². The lowest BCUT2D eigenvalue weighted by atomic mass is 9.90. The fraction of sp³-hybridized carbons (Fsp3) is 0. The molecule has 9 rings (SSSR count). The molecule has 0 atom stereocenters. The van der Waals surface area contributed by atoms with Gasteiger partial charge in [-0.3, -0.25) is 0 Å². The van der Waals surface area contributed by atoms with E-state index < -0.39 is 0 Å². The van der Waals surface area contributed by atoms with E-state index in [9.17, 15) is 0 Å². The highest BCUT2D eigenvalue weighted by atomic mass is 32.2. The molecule has 0 fully saturated rings. The number of para-hydroxylation sites is 1. The first-order valence-corrected chi connectivity index (χ1v) is 15.7. The Morgan fingerprint density at radius 3 is 1.50 bits per heavy atom. The van der Waals surface area contributed by atoms with E-state index in [0.29, 0.717) is 0 Å². The average Bonchev–Trinajstić information content (AvgIpc) is 3.10. The zero-order chi connectivity index (χ0) is 29.0. The second kappa shape index (κ2) is 10.2. The van der Waals surface area contributed by atoms with E-state index in [-0.39, 0.29) is 0 Å². The molecule has 0 spiro atoms. The summed E-state index contributed by atoms with van der Waals surface area (Å²) in [6.07, 6.45) is 0. The second-order valence-corrected chi connectivity index (χ2v) is 12.4. The largest absolute Gasteiger partial charge is 0.455 e. The topological polar surface area (TPSA) is 9.23 Å². The third kappa shape index (κ3) is 4.18. The summed E-state index contributed by atoms with van der Waals surface area (Å²) in [5.41, 5.74) is 7.18. The molecular weight excluding hydrogens is 553 g/mol. The van der Waals surface area contributed by atoms with E-state index in [2.05, 4.69) is 146 Å². The molecule has 44 heavy (non-hydrogen) atoms. The van der Waals surface area contributed by atoms with Crippen LogP contribution in [0.1, 0.15) is 0 Å². The van der Waals surface area contributed by atoms with Crippen LogP contribution < -0.4 is 4.74 Å². The van der Waals surface area contributed by atoms with Crippen LogP contribution in [-0.2, 0) is 0 Å². The molecule has 0 aromatic heterocycles. The predicted octanol–water partition coefficient (Wildman–Crippen LogP) is 12.4. The van der Waals surface area contributed by atoms with Gasteiger partial charge in [-0.05, 0) is 114 Å². The van der Waals surface area contributed by atoms with Gasteiger partial charge in [0.2, 0.25) is 0 Å². The fourth-order valence-electron chi connectivity index (χ4n) is 6.55. The van der Waals surface area contributed by atoms with Crippen LogP contribution in [0.3, 0.4) is 0 Å². The summed E-state index contributed by atoms with van der Waals surface area (Å²) in [4.78, 5) is 2.28. The fourth-order valence-corrected chi connectivity index (χ4v) is 7.54. The maximum Gasteiger partial charge on any atom is 0.141 e. The molecule has 2 heteroatoms. The van der Waals surface area contributed by atoms with Gasteiger partial charge >= 0.3 is 0 Å². The van der Waals surface area contributed by atoms with Crippen molar-refractivity contribution in [1.29, 1.82) is 0 Å². The predicted molar refractivity (Wildman–Crippen MR) is 186 cm³/mol. The average molecular weight is 579 g/mol. The summed E-state index contributed by atoms with van der Waals surface area (Å²) in [6, 6.07) is 57.0. The van der Waals surface area contributed by atoms with Gasteiger partial charge in [-0.15, -0.1) is 0 Å². The summed E-state index contributed by atoms with van der Waals surface area (Å²) >= 11 is 1.77. The molecule has 1 nitrogen and oxygen atoms in total. The molecule has 0 radical (unpaired) electrons. The van der Waals surface area contributed by atoms with Crippen LogP contribution >= 0.6 is 11.8 Å². The zero-order valence-electron chi connectivity index (χ0n) is 23.8. The molecule has 1 heterocycles. The summed E-state index contributed by atoms with van der Waals surface area (Å²) < 4.78 is 6.24. The van der Waals surface area contributed by atoms with Crippen LogP contribution in [0.15, 0.2) is 168 Å². The number of hydrogen-bond acceptors (Lipinski definition) is 2. The van der Waals surface area contributed by atoms with Crippen molar-refractivity contribution < 1.29 is 4.74 Å². The molecule has 8 aromatic rings. The molecular formula is C42H26OS. The maximum absolute atomic E-state index is 6.24. The molecule has 0 bridgehead atoms. The molecule has 8 aromatic carbocycles. The van der Waals surface area contributed by atoms with Gasteiger partial charge in [0.1, 0.15) is 11.5 Å². The van der Waals surface area contributed by atoms with Crippen LogP contribution in [0.4, 0.5) is 0 Å². The van der Waals surface area contributed by atoms with Crippen molar-refractivity contribution in [3.05, 3.63) is 158 Å². The Hall–Kier alpha value is -5.31. The van der Waals surface area contributed by atoms with Gasteiger partial charge in [-0.25, -0.2) is 0 Å². The molecule has 0 aliphatic carbocycles. The van der Waals surface area contributed by atoms with Crippen molar-refractivity contribution in [2.45, 2.75) is 9.79 Å². The minimum absolute atomic E-state index is 0.908. The molecule has 0 saturated heterocycles. The van der Waals surface area contributed by atoms with Crippen LogP contribution in [-0.4, -0.2) is 0 Å². The van der Waals surface area contributed by atoms with Crippen molar-refractivity contribution in [3.8, 4) is 44.9 Å². The van der Waals surface area contributed by atoms with Crippen LogP contribution in [0.25, 0.3) is 65.7 Å². The van der Waals surface area contributed by atoms with Gasteiger partial charge in [0, 0.05) is 0 Å². The molecule has 0 saturated carbocycles. The van der Waals surface area contributed by atoms with Crippen LogP contribution in [0.5, 0.6) is 11.5 Å². The van der Waals surface area contributed by atoms with Crippen molar-refractivity contribution in [2.24, 2.45) is 0 Å². The third-order valence-electron chi connectivity index (χ3n) is 8.68. The molecule has 206 valence electrons. The standard InChI is InChI=1S/C42H26OS/c1-2-10-27(11-3-1)30-22-31(24-32(23-30)29-19-21-40-42(26-29)44-41-17-9-8-16-39(41)43-40)28-18-20-37-35-14-5-4-12-33(35)34-13-6-7-15-36(34)38(37)25-28/h1-26H. The van der Waals surface area contributed by atoms with Crippen LogP contribution in [0, 0.1) is 0 Å². The first-order valence-electron chi connectivity index (χ1n) is 14.9. The van der Waals surface area contributed by atoms with Gasteiger partial charge in [0.05, 0.1) is 9.79 Å². The first kappa shape index (κ1) is 25.2. The number of ether oxygens (including phenoxy) is 1. The summed E-state index contributed by atoms with van der Waals surface area (Å²) in [6.45, 7) is 0. The van der Waals surface area contributed by atoms with Gasteiger partial charge in [0.15, 0.2) is 0 Å². The van der Waals surface area contributed by atoms with Gasteiger partial charge < -0.3 is 4.74 Å². The smallest absolute Gasteiger partial charge is 0.141 e. The van der Waals surface area contributed by atoms with Crippen LogP contribution in [0.2, 0.25) is 0 Å². The van der Waals surface area contributed by atoms with Gasteiger partial charge in [-0.2, -0.15) is 0 Å². The third-order valence-corrected chi connectivity index (χ3v) is 9.78. The lowest BCUT2D eigenvalue weighted by Crippen LogP contribution is -1.95. The highest BCUT2D eigenvalue weighted by Gasteiger charge is 2.19. The minimum Gasteiger partial charge on any atom is -0.455 e. The van der Waals surface area contributed by atoms with Crippen molar-refractivity contribution in [1.82, 2.24) is 0 Å². The van der Waals surface area contributed by atoms with E-state index in [1.165, 1.54) is 65.7 Å². The quantitative estimate of drug-likeness (QED) is 0.193. The van der Waals surface area contributed by atoms with Gasteiger partial charge in [0.25, 0.3) is 0 Å². The molecule has 1 aliphatic rings. The lowest BCUT2D eigenvalue weighted by Gasteiger charge is -2.20. The van der Waals surface area contributed by atoms with Crippen molar-refractivity contribution in [3.63, 3.8) is 0 Å². The van der Waals surface area contributed by atoms with E-state index >= 15 is 0 Å². The van der Waals surface area contributed by atoms with E-state index in [1.807, 2.05) is 12.1 Å². The SMILES string of the molecule is c1ccc(-c2cc(-c3ccc4c(c3)Sc3ccccc3O4)cc(-c3ccc4c5ccccc5c5ccccc5c4c3)c2)cc1. The molecule has 1 aliphatic heterocycles. The monoisotopic (exact) mass is 578 g/mol. The normalized spacial score (nSPS) is 12.2. The highest BCUT2D eigenvalue weighted by Crippen LogP contribution is 2.48. The second-order valence-electron chi connectivity index (χ2n) is 11.3. The Bertz CT molecular complexity index is 2350. The minimum atomic E-state index is 0.908. The van der Waals surface area contributed by atoms with Crippen molar-refractivity contribution in [2.75, 3.05) is 0 Å². The summed E-state index contributed by atoms with van der Waals surface area (Å²) in [7, 11) is 0. The number of rotatable bonds is 3. The Morgan fingerprint density at radius 1 is 0.295 bits per heavy atom. The summed E-state index contributed by atoms with van der Waals surface area (Å²) in [5, 5.41) is 7.74. The number of fused-ring (bicyclic) bond motifs is 8. The summed E-state index contributed by atoms with van der Waals surface area (Å²) in [5.74, 6) is 1.83. The van der Waals surface area contributed by atoms with E-state index in [4.69, 9.17) is 4.74 Å². The molecule has 0 amide bonds. The first-order chi connectivity index (χ1) is 21.8. The molecule has 0 N–H and O–H groups in total. The molecule has 0 unspecified atom stereocenters. The Balaban J connectivity index is 1.23. The Labute approximate surface area is 260 Å². The lowest BCUT2D eigenvalue weighted by molar-refractivity contribution is 0.454.